The number of ether oxygens (including phenoxy) is 1. The zero-order valence-electron chi connectivity index (χ0n) is 12.6. The highest BCUT2D eigenvalue weighted by molar-refractivity contribution is 9.09. The molecule has 5 nitrogen and oxygen atoms in total. The lowest BCUT2D eigenvalue weighted by Crippen LogP contribution is -2.56. The lowest BCUT2D eigenvalue weighted by Gasteiger charge is -2.37. The molecule has 0 saturated carbocycles. The minimum absolute atomic E-state index is 2.24. The molecule has 0 radical (unpaired) electrons. The highest BCUT2D eigenvalue weighted by atomic mass is 79.9. The van der Waals surface area contributed by atoms with E-state index in [1.165, 1.54) is 0 Å². The number of hydrogen-bond acceptors (Lipinski definition) is 5. The minimum atomic E-state index is -3.99. The predicted octanol–water partition coefficient (Wildman–Crippen LogP) is -1.82. The van der Waals surface area contributed by atoms with Crippen molar-refractivity contribution in [2.24, 2.45) is 0 Å². The summed E-state index contributed by atoms with van der Waals surface area (Å²) < 4.78 is 54.8. The van der Waals surface area contributed by atoms with E-state index in [1.54, 1.807) is 0 Å². The van der Waals surface area contributed by atoms with E-state index in [4.69, 9.17) is 9.60 Å². The molecule has 4 N–H and O–H groups in total. The van der Waals surface area contributed by atoms with Gasteiger partial charge in [-0.15, -0.1) is 0 Å². The molecular weight excluding hydrogens is 232 g/mol. The van der Waals surface area contributed by atoms with Crippen molar-refractivity contribution < 1.29 is 34.8 Å². The Morgan fingerprint density at radius 1 is 1.33 bits per heavy atom. The first kappa shape index (κ1) is 4.20. The first-order valence-corrected chi connectivity index (χ1v) is 3.53. The van der Waals surface area contributed by atoms with Crippen LogP contribution in [0.15, 0.2) is 0 Å². The summed E-state index contributed by atoms with van der Waals surface area (Å²) in [6.07, 6.45) is -15.4. The van der Waals surface area contributed by atoms with E-state index in [1.807, 2.05) is 0 Å². The van der Waals surface area contributed by atoms with Crippen LogP contribution >= 0.6 is 15.9 Å². The zero-order valence-corrected chi connectivity index (χ0v) is 7.16. The van der Waals surface area contributed by atoms with Gasteiger partial charge in [-0.3, -0.25) is 0 Å². The maximum atomic E-state index is 9.66. The molecule has 6 heteroatoms. The molecule has 1 heterocycles. The molecule has 0 aromatic rings. The zero-order chi connectivity index (χ0) is 15.7. The third-order valence-electron chi connectivity index (χ3n) is 1.14. The van der Waals surface area contributed by atoms with Gasteiger partial charge >= 0.3 is 0 Å². The van der Waals surface area contributed by atoms with Gasteiger partial charge < -0.3 is 25.2 Å². The molecule has 0 aromatic heterocycles. The van der Waals surface area contributed by atoms with Gasteiger partial charge in [0.1, 0.15) is 29.3 Å². The van der Waals surface area contributed by atoms with Crippen LogP contribution in [-0.4, -0.2) is 56.3 Å². The van der Waals surface area contributed by atoms with Crippen LogP contribution in [0.2, 0.25) is 0 Å². The van der Waals surface area contributed by atoms with Crippen molar-refractivity contribution in [2.75, 3.05) is 6.56 Å². The van der Waals surface area contributed by atoms with Crippen LogP contribution in [0.5, 0.6) is 0 Å². The van der Waals surface area contributed by atoms with E-state index in [-0.39, 0.29) is 0 Å². The van der Waals surface area contributed by atoms with Gasteiger partial charge in [-0.25, -0.2) is 0 Å². The van der Waals surface area contributed by atoms with Gasteiger partial charge in [0, 0.05) is 0 Å². The van der Waals surface area contributed by atoms with Crippen molar-refractivity contribution in [2.45, 2.75) is 29.3 Å². The van der Waals surface area contributed by atoms with E-state index < -0.39 is 35.9 Å². The molecule has 1 aliphatic rings. The lowest BCUT2D eigenvalue weighted by molar-refractivity contribution is -0.203. The molecule has 1 saturated heterocycles. The van der Waals surface area contributed by atoms with E-state index >= 15 is 0 Å². The van der Waals surface area contributed by atoms with Crippen LogP contribution in [0.25, 0.3) is 0 Å². The van der Waals surface area contributed by atoms with E-state index in [0.29, 0.717) is 0 Å². The van der Waals surface area contributed by atoms with Crippen LogP contribution in [0.3, 0.4) is 0 Å². The van der Waals surface area contributed by atoms with Crippen molar-refractivity contribution in [1.29, 1.82) is 0 Å². The molecule has 0 spiro atoms. The quantitative estimate of drug-likeness (QED) is 0.411. The lowest BCUT2D eigenvalue weighted by atomic mass is 10.0. The van der Waals surface area contributed by atoms with E-state index in [2.05, 4.69) is 20.7 Å². The maximum Gasteiger partial charge on any atom is 0.141 e. The molecule has 1 fully saturated rings. The van der Waals surface area contributed by atoms with Crippen molar-refractivity contribution in [3.8, 4) is 0 Å². The third kappa shape index (κ3) is 1.78. The number of aliphatic hydroxyl groups is 4. The number of halogens is 1. The fraction of sp³-hybridized carbons (Fsp3) is 1.00. The van der Waals surface area contributed by atoms with Crippen molar-refractivity contribution in [1.82, 2.24) is 0 Å². The average molecular weight is 250 g/mol. The molecule has 0 amide bonds. The summed E-state index contributed by atoms with van der Waals surface area (Å²) in [6.45, 7) is -3.80. The van der Waals surface area contributed by atoms with Gasteiger partial charge in [-0.2, -0.15) is 0 Å². The number of rotatable bonds is 1. The fourth-order valence-corrected chi connectivity index (χ4v) is 0.924. The maximum absolute atomic E-state index is 9.66. The van der Waals surface area contributed by atoms with Gasteiger partial charge in [0.25, 0.3) is 0 Å². The highest BCUT2D eigenvalue weighted by Crippen LogP contribution is 2.24. The molecule has 12 heavy (non-hydrogen) atoms. The van der Waals surface area contributed by atoms with Crippen LogP contribution in [-0.2, 0) is 4.74 Å². The average Bonchev–Trinajstić information content (AvgIpc) is 2.12. The van der Waals surface area contributed by atoms with Crippen LogP contribution in [0.4, 0.5) is 0 Å². The SMILES string of the molecule is [2H]C([2H])(O)C1([2H])OC([2H])(Br)C([2H])(O)C([2H])(O)C1([2H])O. The predicted molar refractivity (Wildman–Crippen MR) is 42.7 cm³/mol. The Morgan fingerprint density at radius 2 is 1.92 bits per heavy atom. The molecule has 0 aliphatic carbocycles. The molecule has 72 valence electrons. The molecule has 1 aliphatic heterocycles. The van der Waals surface area contributed by atoms with E-state index in [0.717, 1.165) is 0 Å². The van der Waals surface area contributed by atoms with Crippen LogP contribution in [0, 0.1) is 0 Å². The number of hydrogen-bond donors (Lipinski definition) is 4. The van der Waals surface area contributed by atoms with Gasteiger partial charge in [-0.05, 0) is 0 Å². The molecule has 0 bridgehead atoms. The summed E-state index contributed by atoms with van der Waals surface area (Å²) in [5.41, 5.74) is 0. The molecule has 0 aromatic carbocycles. The van der Waals surface area contributed by atoms with Crippen LogP contribution in [0.1, 0.15) is 9.60 Å². The molecule has 5 unspecified atom stereocenters. The Kier molecular flexibility index (Phi) is 1.40. The summed E-state index contributed by atoms with van der Waals surface area (Å²) in [6, 6.07) is 0. The summed E-state index contributed by atoms with van der Waals surface area (Å²) in [4.78, 5) is -3.17. The molecule has 1 rings (SSSR count). The third-order valence-corrected chi connectivity index (χ3v) is 1.68. The second kappa shape index (κ2) is 3.99. The van der Waals surface area contributed by atoms with Crippen LogP contribution < -0.4 is 0 Å². The Labute approximate surface area is 87.6 Å². The largest absolute Gasteiger partial charge is 0.394 e. The highest BCUT2D eigenvalue weighted by Gasteiger charge is 2.42. The van der Waals surface area contributed by atoms with E-state index in [9.17, 15) is 20.4 Å². The monoisotopic (exact) mass is 249 g/mol. The fourth-order valence-electron chi connectivity index (χ4n) is 0.575. The van der Waals surface area contributed by atoms with Crippen molar-refractivity contribution >= 4 is 15.9 Å². The number of alkyl halides is 1. The van der Waals surface area contributed by atoms with Gasteiger partial charge in [0.05, 0.1) is 16.2 Å². The summed E-state index contributed by atoms with van der Waals surface area (Å²) in [5, 5.41) is 38.0. The first-order chi connectivity index (χ1) is 7.96. The second-order valence-electron chi connectivity index (χ2n) is 1.86. The Morgan fingerprint density at radius 3 is 2.42 bits per heavy atom. The Hall–Kier alpha value is 0.280. The second-order valence-corrected chi connectivity index (χ2v) is 2.58. The van der Waals surface area contributed by atoms with Gasteiger partial charge in [0.15, 0.2) is 0 Å². The van der Waals surface area contributed by atoms with Crippen molar-refractivity contribution in [3.63, 3.8) is 0 Å². The summed E-state index contributed by atoms with van der Waals surface area (Å²) in [7, 11) is 0. The van der Waals surface area contributed by atoms with Crippen molar-refractivity contribution in [3.05, 3.63) is 0 Å². The molecule has 5 atom stereocenters. The Balaban J connectivity index is 3.60. The summed E-state index contributed by atoms with van der Waals surface area (Å²) in [5.74, 6) is 0. The standard InChI is InChI=1S/C6H11BrO5/c7-6-5(11)4(10)3(9)2(1-8)12-6/h2-6,8-11H,1H2/i1D2,2D,3D,4D,5D,6D. The Bertz CT molecular complexity index is 394. The smallest absolute Gasteiger partial charge is 0.141 e. The van der Waals surface area contributed by atoms with Gasteiger partial charge in [-0.1, -0.05) is 15.9 Å². The molecular formula is C6H11BrO5. The minimum Gasteiger partial charge on any atom is -0.394 e. The van der Waals surface area contributed by atoms with Gasteiger partial charge in [0.2, 0.25) is 0 Å². The topological polar surface area (TPSA) is 90.2 Å². The first-order valence-electron chi connectivity index (χ1n) is 6.24. The summed E-state index contributed by atoms with van der Waals surface area (Å²) >= 11 is 2.24. The normalized spacial score (nSPS) is 89.6.